The maximum Gasteiger partial charge on any atom is 0.269 e. The summed E-state index contributed by atoms with van der Waals surface area (Å²) in [5.74, 6) is -0.195. The van der Waals surface area contributed by atoms with Crippen LogP contribution in [0.15, 0.2) is 18.2 Å². The molecule has 18 heavy (non-hydrogen) atoms. The summed E-state index contributed by atoms with van der Waals surface area (Å²) in [6.07, 6.45) is 1.58. The van der Waals surface area contributed by atoms with Gasteiger partial charge in [-0.1, -0.05) is 0 Å². The standard InChI is InChI=1S/C12H15N3O3/c1-7-4-10(15(17)18)2-3-11(7)12(16)14-9-5-8(13)6-9/h2-4,8-9H,5-6,13H2,1H3,(H,14,16). The maximum atomic E-state index is 11.9. The molecule has 0 heterocycles. The highest BCUT2D eigenvalue weighted by atomic mass is 16.6. The molecule has 2 rings (SSSR count). The van der Waals surface area contributed by atoms with E-state index in [1.54, 1.807) is 6.92 Å². The van der Waals surface area contributed by atoms with Gasteiger partial charge in [0.25, 0.3) is 11.6 Å². The molecule has 0 unspecified atom stereocenters. The van der Waals surface area contributed by atoms with Crippen molar-refractivity contribution in [2.75, 3.05) is 0 Å². The number of nitrogens with zero attached hydrogens (tertiary/aromatic N) is 1. The Morgan fingerprint density at radius 1 is 1.50 bits per heavy atom. The van der Waals surface area contributed by atoms with Crippen molar-refractivity contribution >= 4 is 11.6 Å². The lowest BCUT2D eigenvalue weighted by atomic mass is 9.87. The normalized spacial score (nSPS) is 22.1. The van der Waals surface area contributed by atoms with Crippen LogP contribution in [0.3, 0.4) is 0 Å². The van der Waals surface area contributed by atoms with Gasteiger partial charge < -0.3 is 11.1 Å². The Morgan fingerprint density at radius 3 is 2.67 bits per heavy atom. The van der Waals surface area contributed by atoms with E-state index in [4.69, 9.17) is 5.73 Å². The van der Waals surface area contributed by atoms with Gasteiger partial charge in [0.1, 0.15) is 0 Å². The van der Waals surface area contributed by atoms with Crippen molar-refractivity contribution in [1.29, 1.82) is 0 Å². The van der Waals surface area contributed by atoms with Crippen LogP contribution in [0.2, 0.25) is 0 Å². The fraction of sp³-hybridized carbons (Fsp3) is 0.417. The lowest BCUT2D eigenvalue weighted by Crippen LogP contribution is -2.50. The van der Waals surface area contributed by atoms with E-state index in [1.165, 1.54) is 18.2 Å². The third-order valence-electron chi connectivity index (χ3n) is 3.18. The van der Waals surface area contributed by atoms with Crippen molar-refractivity contribution in [1.82, 2.24) is 5.32 Å². The van der Waals surface area contributed by atoms with Crippen molar-refractivity contribution in [3.63, 3.8) is 0 Å². The fourth-order valence-corrected chi connectivity index (χ4v) is 2.06. The Hall–Kier alpha value is -1.95. The van der Waals surface area contributed by atoms with Gasteiger partial charge in [0.2, 0.25) is 0 Å². The van der Waals surface area contributed by atoms with Gasteiger partial charge in [-0.15, -0.1) is 0 Å². The van der Waals surface area contributed by atoms with Crippen LogP contribution in [0.1, 0.15) is 28.8 Å². The predicted molar refractivity (Wildman–Crippen MR) is 66.3 cm³/mol. The lowest BCUT2D eigenvalue weighted by molar-refractivity contribution is -0.384. The number of nitrogens with one attached hydrogen (secondary N) is 1. The number of hydrogen-bond acceptors (Lipinski definition) is 4. The van der Waals surface area contributed by atoms with Gasteiger partial charge in [-0.3, -0.25) is 14.9 Å². The van der Waals surface area contributed by atoms with Crippen LogP contribution in [-0.4, -0.2) is 22.9 Å². The van der Waals surface area contributed by atoms with E-state index in [0.29, 0.717) is 11.1 Å². The van der Waals surface area contributed by atoms with Gasteiger partial charge >= 0.3 is 0 Å². The number of amides is 1. The first kappa shape index (κ1) is 12.5. The number of carbonyl (C=O) groups excluding carboxylic acids is 1. The Morgan fingerprint density at radius 2 is 2.17 bits per heavy atom. The molecule has 0 saturated heterocycles. The minimum Gasteiger partial charge on any atom is -0.349 e. The molecule has 6 heteroatoms. The monoisotopic (exact) mass is 249 g/mol. The van der Waals surface area contributed by atoms with Crippen molar-refractivity contribution in [3.8, 4) is 0 Å². The van der Waals surface area contributed by atoms with Gasteiger partial charge in [0, 0.05) is 29.8 Å². The summed E-state index contributed by atoms with van der Waals surface area (Å²) in [5.41, 5.74) is 6.71. The SMILES string of the molecule is Cc1cc([N+](=O)[O-])ccc1C(=O)NC1CC(N)C1. The van der Waals surface area contributed by atoms with Crippen molar-refractivity contribution in [2.24, 2.45) is 5.73 Å². The van der Waals surface area contributed by atoms with E-state index >= 15 is 0 Å². The van der Waals surface area contributed by atoms with E-state index in [1.807, 2.05) is 0 Å². The van der Waals surface area contributed by atoms with Crippen molar-refractivity contribution < 1.29 is 9.72 Å². The van der Waals surface area contributed by atoms with Crippen LogP contribution in [0.4, 0.5) is 5.69 Å². The number of rotatable bonds is 3. The molecule has 1 aliphatic carbocycles. The highest BCUT2D eigenvalue weighted by molar-refractivity contribution is 5.96. The molecule has 1 amide bonds. The van der Waals surface area contributed by atoms with Gasteiger partial charge in [-0.25, -0.2) is 0 Å². The number of non-ortho nitro benzene ring substituents is 1. The second-order valence-corrected chi connectivity index (χ2v) is 4.66. The largest absolute Gasteiger partial charge is 0.349 e. The molecule has 0 bridgehead atoms. The summed E-state index contributed by atoms with van der Waals surface area (Å²) >= 11 is 0. The number of benzene rings is 1. The first-order valence-electron chi connectivity index (χ1n) is 5.79. The lowest BCUT2D eigenvalue weighted by Gasteiger charge is -2.33. The molecule has 0 aromatic heterocycles. The number of aryl methyl sites for hydroxylation is 1. The first-order valence-corrected chi connectivity index (χ1v) is 5.79. The molecule has 3 N–H and O–H groups in total. The second kappa shape index (κ2) is 4.73. The zero-order valence-electron chi connectivity index (χ0n) is 10.1. The van der Waals surface area contributed by atoms with Crippen LogP contribution in [-0.2, 0) is 0 Å². The summed E-state index contributed by atoms with van der Waals surface area (Å²) in [5, 5.41) is 13.5. The van der Waals surface area contributed by atoms with Gasteiger partial charge in [-0.05, 0) is 31.4 Å². The molecule has 1 aliphatic rings. The molecule has 1 fully saturated rings. The Kier molecular flexibility index (Phi) is 3.29. The topological polar surface area (TPSA) is 98.3 Å². The van der Waals surface area contributed by atoms with Crippen molar-refractivity contribution in [2.45, 2.75) is 31.8 Å². The van der Waals surface area contributed by atoms with E-state index < -0.39 is 4.92 Å². The molecule has 6 nitrogen and oxygen atoms in total. The number of nitro groups is 1. The Bertz CT molecular complexity index is 495. The number of nitro benzene ring substituents is 1. The summed E-state index contributed by atoms with van der Waals surface area (Å²) in [6, 6.07) is 4.53. The minimum atomic E-state index is -0.473. The van der Waals surface area contributed by atoms with Crippen LogP contribution in [0, 0.1) is 17.0 Å². The van der Waals surface area contributed by atoms with Crippen LogP contribution in [0.5, 0.6) is 0 Å². The van der Waals surface area contributed by atoms with Gasteiger partial charge in [0.05, 0.1) is 4.92 Å². The molecule has 96 valence electrons. The molecule has 0 spiro atoms. The van der Waals surface area contributed by atoms with Gasteiger partial charge in [-0.2, -0.15) is 0 Å². The molecule has 0 radical (unpaired) electrons. The highest BCUT2D eigenvalue weighted by Gasteiger charge is 2.27. The summed E-state index contributed by atoms with van der Waals surface area (Å²) in [7, 11) is 0. The molecule has 1 saturated carbocycles. The zero-order valence-corrected chi connectivity index (χ0v) is 10.1. The Balaban J connectivity index is 2.08. The summed E-state index contributed by atoms with van der Waals surface area (Å²) in [6.45, 7) is 1.69. The molecule has 0 atom stereocenters. The van der Waals surface area contributed by atoms with Gasteiger partial charge in [0.15, 0.2) is 0 Å². The third-order valence-corrected chi connectivity index (χ3v) is 3.18. The summed E-state index contributed by atoms with van der Waals surface area (Å²) < 4.78 is 0. The van der Waals surface area contributed by atoms with E-state index in [0.717, 1.165) is 12.8 Å². The van der Waals surface area contributed by atoms with E-state index in [2.05, 4.69) is 5.32 Å². The number of hydrogen-bond donors (Lipinski definition) is 2. The molecule has 1 aromatic carbocycles. The number of carbonyl (C=O) groups is 1. The maximum absolute atomic E-state index is 11.9. The molecular weight excluding hydrogens is 234 g/mol. The second-order valence-electron chi connectivity index (χ2n) is 4.66. The van der Waals surface area contributed by atoms with Crippen molar-refractivity contribution in [3.05, 3.63) is 39.4 Å². The highest BCUT2D eigenvalue weighted by Crippen LogP contribution is 2.20. The summed E-state index contributed by atoms with van der Waals surface area (Å²) in [4.78, 5) is 22.1. The molecule has 0 aliphatic heterocycles. The predicted octanol–water partition coefficient (Wildman–Crippen LogP) is 1.12. The average Bonchev–Trinajstić information content (AvgIpc) is 2.26. The third kappa shape index (κ3) is 2.48. The smallest absolute Gasteiger partial charge is 0.269 e. The van der Waals surface area contributed by atoms with Crippen LogP contribution >= 0.6 is 0 Å². The quantitative estimate of drug-likeness (QED) is 0.619. The minimum absolute atomic E-state index is 0.00489. The first-order chi connectivity index (χ1) is 8.47. The Labute approximate surface area is 104 Å². The zero-order chi connectivity index (χ0) is 13.3. The fourth-order valence-electron chi connectivity index (χ4n) is 2.06. The van der Waals surface area contributed by atoms with E-state index in [9.17, 15) is 14.9 Å². The van der Waals surface area contributed by atoms with Crippen LogP contribution < -0.4 is 11.1 Å². The average molecular weight is 249 g/mol. The molecular formula is C12H15N3O3. The van der Waals surface area contributed by atoms with E-state index in [-0.39, 0.29) is 23.7 Å². The molecule has 1 aromatic rings. The number of nitrogens with two attached hydrogens (primary N) is 1. The van der Waals surface area contributed by atoms with Crippen LogP contribution in [0.25, 0.3) is 0 Å².